The number of benzene rings is 1. The third-order valence-electron chi connectivity index (χ3n) is 5.44. The van der Waals surface area contributed by atoms with Crippen LogP contribution in [0.4, 0.5) is 0 Å². The summed E-state index contributed by atoms with van der Waals surface area (Å²) in [6.07, 6.45) is 0.979. The van der Waals surface area contributed by atoms with Crippen LogP contribution in [0.2, 0.25) is 0 Å². The van der Waals surface area contributed by atoms with Crippen molar-refractivity contribution in [1.82, 2.24) is 15.2 Å². The topological polar surface area (TPSA) is 52.6 Å². The van der Waals surface area contributed by atoms with Crippen LogP contribution in [-0.4, -0.2) is 47.7 Å². The minimum Gasteiger partial charge on any atom is -0.362 e. The molecule has 0 bridgehead atoms. The summed E-state index contributed by atoms with van der Waals surface area (Å²) in [5.74, 6) is 0.514. The Labute approximate surface area is 180 Å². The number of fused-ring (bicyclic) bond motifs is 1. The zero-order valence-electron chi connectivity index (χ0n) is 18.6. The van der Waals surface area contributed by atoms with E-state index in [4.69, 9.17) is 12.2 Å². The van der Waals surface area contributed by atoms with Gasteiger partial charge in [0, 0.05) is 17.6 Å². The van der Waals surface area contributed by atoms with Crippen molar-refractivity contribution in [3.63, 3.8) is 0 Å². The van der Waals surface area contributed by atoms with Crippen molar-refractivity contribution in [2.24, 2.45) is 5.92 Å². The molecule has 0 atom stereocenters. The summed E-state index contributed by atoms with van der Waals surface area (Å²) in [6, 6.07) is 8.25. The highest BCUT2D eigenvalue weighted by atomic mass is 32.1. The van der Waals surface area contributed by atoms with Gasteiger partial charge in [-0.25, -0.2) is 0 Å². The first kappa shape index (κ1) is 23.4. The zero-order chi connectivity index (χ0) is 21.4. The summed E-state index contributed by atoms with van der Waals surface area (Å²) in [6.45, 7) is 16.3. The van der Waals surface area contributed by atoms with E-state index >= 15 is 0 Å². The lowest BCUT2D eigenvalue weighted by Crippen LogP contribution is -3.12. The standard InChI is InChI=1S/C23H36N4OS/c1-6-18-9-10-21-19(13-18)14-20(22(28)25-21)16-27(12-11-26(7-2)8-3)23(29)24-15-17(4)5/h9-10,13-14,17H,6-8,11-12,15-16H2,1-5H3,(H,24,29)(H,25,28)/p+1. The van der Waals surface area contributed by atoms with E-state index in [9.17, 15) is 4.79 Å². The molecule has 1 heterocycles. The zero-order valence-corrected chi connectivity index (χ0v) is 19.4. The van der Waals surface area contributed by atoms with Gasteiger partial charge < -0.3 is 20.1 Å². The molecular weight excluding hydrogens is 380 g/mol. The van der Waals surface area contributed by atoms with E-state index in [1.54, 1.807) is 0 Å². The van der Waals surface area contributed by atoms with Crippen LogP contribution in [0, 0.1) is 5.92 Å². The maximum absolute atomic E-state index is 12.7. The molecule has 0 fully saturated rings. The molecule has 0 amide bonds. The first-order chi connectivity index (χ1) is 13.9. The smallest absolute Gasteiger partial charge is 0.253 e. The first-order valence-corrected chi connectivity index (χ1v) is 11.3. The van der Waals surface area contributed by atoms with Crippen molar-refractivity contribution in [3.05, 3.63) is 45.7 Å². The number of rotatable bonds is 10. The van der Waals surface area contributed by atoms with E-state index in [1.165, 1.54) is 10.5 Å². The van der Waals surface area contributed by atoms with E-state index in [-0.39, 0.29) is 5.56 Å². The maximum atomic E-state index is 12.7. The Morgan fingerprint density at radius 2 is 1.93 bits per heavy atom. The van der Waals surface area contributed by atoms with E-state index in [1.807, 2.05) is 12.1 Å². The SMILES string of the molecule is CCc1ccc2[nH]c(=O)c(CN(CC[NH+](CC)CC)C(=S)NCC(C)C)cc2c1. The number of pyridine rings is 1. The summed E-state index contributed by atoms with van der Waals surface area (Å²) < 4.78 is 0. The second kappa shape index (κ2) is 11.3. The van der Waals surface area contributed by atoms with Gasteiger partial charge in [-0.05, 0) is 67.6 Å². The number of H-pyrrole nitrogens is 1. The number of hydrogen-bond acceptors (Lipinski definition) is 2. The first-order valence-electron chi connectivity index (χ1n) is 10.9. The number of nitrogens with zero attached hydrogens (tertiary/aromatic N) is 1. The van der Waals surface area contributed by atoms with Crippen LogP contribution in [0.25, 0.3) is 10.9 Å². The van der Waals surface area contributed by atoms with Gasteiger partial charge in [-0.2, -0.15) is 0 Å². The Hall–Kier alpha value is -1.92. The monoisotopic (exact) mass is 417 g/mol. The lowest BCUT2D eigenvalue weighted by Gasteiger charge is -2.28. The van der Waals surface area contributed by atoms with Gasteiger partial charge in [0.1, 0.15) is 0 Å². The Bertz CT molecular complexity index is 858. The lowest BCUT2D eigenvalue weighted by molar-refractivity contribution is -0.895. The molecule has 1 aromatic heterocycles. The van der Waals surface area contributed by atoms with Crippen LogP contribution >= 0.6 is 12.2 Å². The highest BCUT2D eigenvalue weighted by Gasteiger charge is 2.16. The largest absolute Gasteiger partial charge is 0.362 e. The summed E-state index contributed by atoms with van der Waals surface area (Å²) in [5, 5.41) is 5.18. The molecule has 2 rings (SSSR count). The van der Waals surface area contributed by atoms with Gasteiger partial charge in [-0.3, -0.25) is 4.79 Å². The third-order valence-corrected chi connectivity index (χ3v) is 5.84. The number of aromatic amines is 1. The summed E-state index contributed by atoms with van der Waals surface area (Å²) in [7, 11) is 0. The molecule has 0 aliphatic rings. The number of hydrogen-bond donors (Lipinski definition) is 3. The van der Waals surface area contributed by atoms with Crippen molar-refractivity contribution in [1.29, 1.82) is 0 Å². The molecule has 6 heteroatoms. The van der Waals surface area contributed by atoms with Crippen molar-refractivity contribution in [2.45, 2.75) is 47.6 Å². The average Bonchev–Trinajstić information content (AvgIpc) is 2.71. The average molecular weight is 418 g/mol. The number of thiocarbonyl (C=S) groups is 1. The molecule has 0 aliphatic heterocycles. The molecule has 0 spiro atoms. The van der Waals surface area contributed by atoms with Gasteiger partial charge in [-0.15, -0.1) is 0 Å². The van der Waals surface area contributed by atoms with Crippen LogP contribution in [0.1, 0.15) is 45.7 Å². The van der Waals surface area contributed by atoms with Crippen molar-refractivity contribution in [3.8, 4) is 0 Å². The molecule has 0 saturated carbocycles. The Morgan fingerprint density at radius 1 is 1.21 bits per heavy atom. The van der Waals surface area contributed by atoms with E-state index in [0.717, 1.165) is 60.7 Å². The molecule has 160 valence electrons. The van der Waals surface area contributed by atoms with Crippen LogP contribution in [0.3, 0.4) is 0 Å². The lowest BCUT2D eigenvalue weighted by atomic mass is 10.1. The maximum Gasteiger partial charge on any atom is 0.253 e. The summed E-state index contributed by atoms with van der Waals surface area (Å²) in [5.41, 5.74) is 2.88. The fourth-order valence-electron chi connectivity index (χ4n) is 3.40. The predicted octanol–water partition coefficient (Wildman–Crippen LogP) is 2.35. The molecule has 1 aromatic carbocycles. The quantitative estimate of drug-likeness (QED) is 0.520. The third kappa shape index (κ3) is 6.82. The van der Waals surface area contributed by atoms with Crippen molar-refractivity contribution in [2.75, 3.05) is 32.7 Å². The minimum absolute atomic E-state index is 0.0337. The Kier molecular flexibility index (Phi) is 9.11. The van der Waals surface area contributed by atoms with Crippen LogP contribution in [0.15, 0.2) is 29.1 Å². The molecule has 5 nitrogen and oxygen atoms in total. The summed E-state index contributed by atoms with van der Waals surface area (Å²) >= 11 is 5.69. The molecule has 3 N–H and O–H groups in total. The number of quaternary nitrogens is 1. The highest BCUT2D eigenvalue weighted by Crippen LogP contribution is 2.15. The van der Waals surface area contributed by atoms with E-state index in [0.29, 0.717) is 12.5 Å². The van der Waals surface area contributed by atoms with E-state index < -0.39 is 0 Å². The van der Waals surface area contributed by atoms with Crippen molar-refractivity contribution < 1.29 is 4.90 Å². The number of aryl methyl sites for hydroxylation is 1. The van der Waals surface area contributed by atoms with Gasteiger partial charge >= 0.3 is 0 Å². The highest BCUT2D eigenvalue weighted by molar-refractivity contribution is 7.80. The second-order valence-electron chi connectivity index (χ2n) is 8.11. The van der Waals surface area contributed by atoms with Gasteiger partial charge in [0.15, 0.2) is 5.11 Å². The predicted molar refractivity (Wildman–Crippen MR) is 127 cm³/mol. The molecular formula is C23H37N4OS+. The molecule has 0 unspecified atom stereocenters. The minimum atomic E-state index is -0.0337. The molecule has 29 heavy (non-hydrogen) atoms. The van der Waals surface area contributed by atoms with Gasteiger partial charge in [0.2, 0.25) is 0 Å². The fourth-order valence-corrected chi connectivity index (χ4v) is 3.64. The molecule has 0 aliphatic carbocycles. The van der Waals surface area contributed by atoms with Gasteiger partial charge in [0.05, 0.1) is 32.7 Å². The fraction of sp³-hybridized carbons (Fsp3) is 0.565. The van der Waals surface area contributed by atoms with Crippen molar-refractivity contribution >= 4 is 28.2 Å². The molecule has 0 radical (unpaired) electrons. The normalized spacial score (nSPS) is 11.4. The van der Waals surface area contributed by atoms with Crippen LogP contribution < -0.4 is 15.8 Å². The van der Waals surface area contributed by atoms with Gasteiger partial charge in [0.25, 0.3) is 5.56 Å². The number of nitrogens with one attached hydrogen (secondary N) is 3. The molecule has 2 aromatic rings. The van der Waals surface area contributed by atoms with Crippen LogP contribution in [-0.2, 0) is 13.0 Å². The van der Waals surface area contributed by atoms with E-state index in [2.05, 4.69) is 62.0 Å². The van der Waals surface area contributed by atoms with Crippen LogP contribution in [0.5, 0.6) is 0 Å². The summed E-state index contributed by atoms with van der Waals surface area (Å²) in [4.78, 5) is 19.4. The second-order valence-corrected chi connectivity index (χ2v) is 8.49. The van der Waals surface area contributed by atoms with Gasteiger partial charge in [-0.1, -0.05) is 26.8 Å². The molecule has 0 saturated heterocycles. The number of likely N-dealkylation sites (N-methyl/N-ethyl adjacent to an activating group) is 1. The number of aromatic nitrogens is 1. The Morgan fingerprint density at radius 3 is 2.55 bits per heavy atom. The Balaban J connectivity index is 2.26.